The van der Waals surface area contributed by atoms with Gasteiger partial charge in [-0.3, -0.25) is 9.59 Å². The molecule has 2 aromatic carbocycles. The number of benzene rings is 2. The molecule has 0 aliphatic carbocycles. The van der Waals surface area contributed by atoms with Crippen molar-refractivity contribution in [2.45, 2.75) is 32.3 Å². The Balaban J connectivity index is 0.00000544. The van der Waals surface area contributed by atoms with E-state index in [1.54, 1.807) is 50.2 Å². The highest BCUT2D eigenvalue weighted by atomic mass is 35.5. The molecule has 0 aliphatic heterocycles. The molecule has 0 aromatic heterocycles. The van der Waals surface area contributed by atoms with E-state index in [0.717, 1.165) is 5.56 Å². The van der Waals surface area contributed by atoms with Crippen molar-refractivity contribution < 1.29 is 28.6 Å². The number of halogens is 2. The second kappa shape index (κ2) is 13.7. The zero-order valence-corrected chi connectivity index (χ0v) is 20.0. The molecule has 0 saturated carbocycles. The van der Waals surface area contributed by atoms with Gasteiger partial charge in [0.1, 0.15) is 5.75 Å². The highest BCUT2D eigenvalue weighted by Gasteiger charge is 2.32. The molecule has 0 radical (unpaired) electrons. The van der Waals surface area contributed by atoms with E-state index in [2.05, 4.69) is 5.32 Å². The zero-order valence-electron chi connectivity index (χ0n) is 18.5. The molecule has 0 fully saturated rings. The Bertz CT molecular complexity index is 918. The minimum Gasteiger partial charge on any atom is -0.476 e. The lowest BCUT2D eigenvalue weighted by atomic mass is 10.1. The average molecular weight is 499 g/mol. The quantitative estimate of drug-likeness (QED) is 0.360. The van der Waals surface area contributed by atoms with Crippen LogP contribution in [0.4, 0.5) is 0 Å². The molecule has 8 nitrogen and oxygen atoms in total. The first-order valence-electron chi connectivity index (χ1n) is 10.1. The summed E-state index contributed by atoms with van der Waals surface area (Å²) in [6.45, 7) is 3.23. The Morgan fingerprint density at radius 1 is 1.00 bits per heavy atom. The zero-order chi connectivity index (χ0) is 23.6. The van der Waals surface area contributed by atoms with Gasteiger partial charge in [-0.05, 0) is 62.2 Å². The number of hydrogen-bond acceptors (Lipinski definition) is 7. The van der Waals surface area contributed by atoms with Crippen molar-refractivity contribution in [1.82, 2.24) is 5.32 Å². The second-order valence-corrected chi connectivity index (χ2v) is 7.81. The van der Waals surface area contributed by atoms with Crippen LogP contribution in [-0.4, -0.2) is 43.3 Å². The van der Waals surface area contributed by atoms with Crippen molar-refractivity contribution in [3.8, 4) is 5.75 Å². The summed E-state index contributed by atoms with van der Waals surface area (Å²) in [4.78, 5) is 35.6. The predicted molar refractivity (Wildman–Crippen MR) is 127 cm³/mol. The van der Waals surface area contributed by atoms with E-state index in [1.807, 2.05) is 12.1 Å². The van der Waals surface area contributed by atoms with Crippen LogP contribution < -0.4 is 15.8 Å². The molecule has 1 amide bonds. The van der Waals surface area contributed by atoms with Gasteiger partial charge in [0.2, 0.25) is 6.79 Å². The first-order valence-corrected chi connectivity index (χ1v) is 10.4. The lowest BCUT2D eigenvalue weighted by molar-refractivity contribution is -0.177. The van der Waals surface area contributed by atoms with Gasteiger partial charge < -0.3 is 25.3 Å². The standard InChI is InChI=1S/C23H27ClN2O6.ClH/c1-23(2,22(29)31-15-30-20(27)11-13-25)32-19-9-3-16(4-10-19)12-14-26-21(28)17-5-7-18(24)8-6-17;/h3-10H,11-15,25H2,1-2H3,(H,26,28);1H. The van der Waals surface area contributed by atoms with Crippen LogP contribution in [0.5, 0.6) is 5.75 Å². The van der Waals surface area contributed by atoms with Gasteiger partial charge in [0.25, 0.3) is 5.91 Å². The Morgan fingerprint density at radius 2 is 1.64 bits per heavy atom. The van der Waals surface area contributed by atoms with Gasteiger partial charge in [-0.25, -0.2) is 4.79 Å². The number of esters is 2. The smallest absolute Gasteiger partial charge is 0.352 e. The molecule has 33 heavy (non-hydrogen) atoms. The fourth-order valence-electron chi connectivity index (χ4n) is 2.60. The topological polar surface area (TPSA) is 117 Å². The molecule has 0 unspecified atom stereocenters. The Hall–Kier alpha value is -2.81. The van der Waals surface area contributed by atoms with E-state index < -0.39 is 24.3 Å². The van der Waals surface area contributed by atoms with E-state index in [9.17, 15) is 14.4 Å². The third-order valence-corrected chi connectivity index (χ3v) is 4.60. The first kappa shape index (κ1) is 28.2. The monoisotopic (exact) mass is 498 g/mol. The fourth-order valence-corrected chi connectivity index (χ4v) is 2.72. The van der Waals surface area contributed by atoms with Crippen LogP contribution in [0, 0.1) is 0 Å². The third-order valence-electron chi connectivity index (χ3n) is 4.35. The Morgan fingerprint density at radius 3 is 2.24 bits per heavy atom. The van der Waals surface area contributed by atoms with Crippen LogP contribution in [-0.2, 0) is 25.5 Å². The van der Waals surface area contributed by atoms with E-state index >= 15 is 0 Å². The Labute approximate surface area is 204 Å². The van der Waals surface area contributed by atoms with E-state index in [1.165, 1.54) is 0 Å². The molecule has 10 heteroatoms. The van der Waals surface area contributed by atoms with Crippen molar-refractivity contribution in [2.75, 3.05) is 19.9 Å². The fraction of sp³-hybridized carbons (Fsp3) is 0.348. The van der Waals surface area contributed by atoms with Gasteiger partial charge in [-0.1, -0.05) is 23.7 Å². The number of hydrogen-bond donors (Lipinski definition) is 2. The van der Waals surface area contributed by atoms with Gasteiger partial charge in [0.15, 0.2) is 5.60 Å². The van der Waals surface area contributed by atoms with Crippen LogP contribution in [0.25, 0.3) is 0 Å². The van der Waals surface area contributed by atoms with Gasteiger partial charge in [0, 0.05) is 23.7 Å². The van der Waals surface area contributed by atoms with Crippen molar-refractivity contribution in [3.63, 3.8) is 0 Å². The van der Waals surface area contributed by atoms with Gasteiger partial charge >= 0.3 is 11.9 Å². The largest absolute Gasteiger partial charge is 0.476 e. The van der Waals surface area contributed by atoms with E-state index in [0.29, 0.717) is 29.3 Å². The van der Waals surface area contributed by atoms with Crippen molar-refractivity contribution in [1.29, 1.82) is 0 Å². The molecule has 2 rings (SSSR count). The van der Waals surface area contributed by atoms with Crippen LogP contribution >= 0.6 is 24.0 Å². The van der Waals surface area contributed by atoms with Crippen LogP contribution in [0.15, 0.2) is 48.5 Å². The number of carbonyl (C=O) groups is 3. The maximum atomic E-state index is 12.2. The van der Waals surface area contributed by atoms with Crippen LogP contribution in [0.1, 0.15) is 36.2 Å². The maximum absolute atomic E-state index is 12.2. The lowest BCUT2D eigenvalue weighted by Gasteiger charge is -2.24. The van der Waals surface area contributed by atoms with Gasteiger partial charge in [0.05, 0.1) is 6.42 Å². The number of nitrogens with two attached hydrogens (primary N) is 1. The summed E-state index contributed by atoms with van der Waals surface area (Å²) in [5, 5.41) is 3.43. The summed E-state index contributed by atoms with van der Waals surface area (Å²) in [7, 11) is 0. The first-order chi connectivity index (χ1) is 15.2. The van der Waals surface area contributed by atoms with Crippen molar-refractivity contribution >= 4 is 41.9 Å². The SMILES string of the molecule is CC(C)(Oc1ccc(CCNC(=O)c2ccc(Cl)cc2)cc1)C(=O)OCOC(=O)CCN.Cl. The predicted octanol–water partition coefficient (Wildman–Crippen LogP) is 3.28. The summed E-state index contributed by atoms with van der Waals surface area (Å²) >= 11 is 5.83. The maximum Gasteiger partial charge on any atom is 0.352 e. The number of ether oxygens (including phenoxy) is 3. The van der Waals surface area contributed by atoms with E-state index in [4.69, 9.17) is 31.5 Å². The van der Waals surface area contributed by atoms with Crippen LogP contribution in [0.2, 0.25) is 5.02 Å². The molecule has 180 valence electrons. The number of carbonyl (C=O) groups excluding carboxylic acids is 3. The molecule has 2 aromatic rings. The molecule has 0 heterocycles. The Kier molecular flexibility index (Phi) is 11.7. The van der Waals surface area contributed by atoms with Crippen molar-refractivity contribution in [2.24, 2.45) is 5.73 Å². The molecular formula is C23H28Cl2N2O6. The normalized spacial score (nSPS) is 10.5. The number of rotatable bonds is 11. The summed E-state index contributed by atoms with van der Waals surface area (Å²) < 4.78 is 15.4. The minimum atomic E-state index is -1.28. The molecule has 0 saturated heterocycles. The highest BCUT2D eigenvalue weighted by Crippen LogP contribution is 2.20. The molecule has 0 spiro atoms. The average Bonchev–Trinajstić information content (AvgIpc) is 2.75. The molecule has 0 bridgehead atoms. The summed E-state index contributed by atoms with van der Waals surface area (Å²) in [6, 6.07) is 13.8. The minimum absolute atomic E-state index is 0. The van der Waals surface area contributed by atoms with Gasteiger partial charge in [-0.15, -0.1) is 12.4 Å². The lowest BCUT2D eigenvalue weighted by Crippen LogP contribution is -2.40. The highest BCUT2D eigenvalue weighted by molar-refractivity contribution is 6.30. The number of nitrogens with one attached hydrogen (secondary N) is 1. The molecule has 0 atom stereocenters. The van der Waals surface area contributed by atoms with Gasteiger partial charge in [-0.2, -0.15) is 0 Å². The molecule has 0 aliphatic rings. The van der Waals surface area contributed by atoms with E-state index in [-0.39, 0.29) is 31.3 Å². The van der Waals surface area contributed by atoms with Crippen LogP contribution in [0.3, 0.4) is 0 Å². The third kappa shape index (κ3) is 9.69. The number of amides is 1. The summed E-state index contributed by atoms with van der Waals surface area (Å²) in [5.41, 5.74) is 5.49. The molecular weight excluding hydrogens is 471 g/mol. The summed E-state index contributed by atoms with van der Waals surface area (Å²) in [5.74, 6) is -0.914. The summed E-state index contributed by atoms with van der Waals surface area (Å²) in [6.07, 6.45) is 0.674. The second-order valence-electron chi connectivity index (χ2n) is 7.37. The molecule has 3 N–H and O–H groups in total. The van der Waals surface area contributed by atoms with Crippen molar-refractivity contribution in [3.05, 3.63) is 64.7 Å².